The highest BCUT2D eigenvalue weighted by atomic mass is 127. The first-order valence-electron chi connectivity index (χ1n) is 8.83. The van der Waals surface area contributed by atoms with Gasteiger partial charge < -0.3 is 20.1 Å². The fraction of sp³-hybridized carbons (Fsp3) is 0.632. The zero-order valence-electron chi connectivity index (χ0n) is 15.8. The summed E-state index contributed by atoms with van der Waals surface area (Å²) in [6.45, 7) is 9.34. The van der Waals surface area contributed by atoms with Crippen LogP contribution in [0.1, 0.15) is 43.9 Å². The highest BCUT2D eigenvalue weighted by Crippen LogP contribution is 2.25. The molecule has 1 saturated heterocycles. The van der Waals surface area contributed by atoms with E-state index in [0.717, 1.165) is 38.6 Å². The first-order valence-corrected chi connectivity index (χ1v) is 8.83. The molecular formula is C19H32IN3O2. The van der Waals surface area contributed by atoms with Crippen LogP contribution in [0.3, 0.4) is 0 Å². The first-order chi connectivity index (χ1) is 11.6. The Balaban J connectivity index is 0.00000312. The van der Waals surface area contributed by atoms with Crippen LogP contribution in [-0.2, 0) is 9.47 Å². The summed E-state index contributed by atoms with van der Waals surface area (Å²) >= 11 is 0. The summed E-state index contributed by atoms with van der Waals surface area (Å²) in [6.07, 6.45) is 1.78. The van der Waals surface area contributed by atoms with Gasteiger partial charge in [0.15, 0.2) is 5.96 Å². The van der Waals surface area contributed by atoms with Gasteiger partial charge >= 0.3 is 0 Å². The number of hydrogen-bond acceptors (Lipinski definition) is 3. The molecule has 25 heavy (non-hydrogen) atoms. The second kappa shape index (κ2) is 11.0. The topological polar surface area (TPSA) is 54.9 Å². The van der Waals surface area contributed by atoms with Crippen LogP contribution < -0.4 is 10.6 Å². The lowest BCUT2D eigenvalue weighted by molar-refractivity contribution is -0.0828. The van der Waals surface area contributed by atoms with Crippen LogP contribution in [0, 0.1) is 6.92 Å². The molecule has 2 rings (SSSR count). The Morgan fingerprint density at radius 3 is 2.60 bits per heavy atom. The van der Waals surface area contributed by atoms with E-state index in [4.69, 9.17) is 14.5 Å². The van der Waals surface area contributed by atoms with Crippen molar-refractivity contribution in [1.29, 1.82) is 0 Å². The third kappa shape index (κ3) is 6.42. The average Bonchev–Trinajstić information content (AvgIpc) is 2.61. The standard InChI is InChI=1S/C19H31N3O2.HI/c1-5-20-18(21-14-19(23-4)10-12-24-13-11-19)22-16(3)17-9-7-6-8-15(17)2;/h6-9,16H,5,10-14H2,1-4H3,(H2,20,21,22);1H. The molecule has 1 aromatic rings. The number of nitrogens with zero attached hydrogens (tertiary/aromatic N) is 1. The molecule has 0 spiro atoms. The van der Waals surface area contributed by atoms with Crippen molar-refractivity contribution in [3.8, 4) is 0 Å². The molecular weight excluding hydrogens is 429 g/mol. The first kappa shape index (κ1) is 22.2. The number of aryl methyl sites for hydroxylation is 1. The number of methoxy groups -OCH3 is 1. The van der Waals surface area contributed by atoms with Gasteiger partial charge in [-0.2, -0.15) is 0 Å². The minimum Gasteiger partial charge on any atom is -0.381 e. The van der Waals surface area contributed by atoms with Crippen LogP contribution in [0.25, 0.3) is 0 Å². The number of nitrogens with one attached hydrogen (secondary N) is 2. The summed E-state index contributed by atoms with van der Waals surface area (Å²) in [5.74, 6) is 0.830. The lowest BCUT2D eigenvalue weighted by Gasteiger charge is -2.34. The molecule has 0 saturated carbocycles. The number of rotatable bonds is 6. The molecule has 1 unspecified atom stereocenters. The Bertz CT molecular complexity index is 545. The van der Waals surface area contributed by atoms with Crippen LogP contribution in [0.5, 0.6) is 0 Å². The smallest absolute Gasteiger partial charge is 0.191 e. The molecule has 0 amide bonds. The van der Waals surface area contributed by atoms with E-state index in [2.05, 4.69) is 55.7 Å². The monoisotopic (exact) mass is 461 g/mol. The number of aliphatic imine (C=N–C) groups is 1. The zero-order chi connectivity index (χ0) is 17.4. The average molecular weight is 461 g/mol. The van der Waals surface area contributed by atoms with Gasteiger partial charge in [0.2, 0.25) is 0 Å². The van der Waals surface area contributed by atoms with Crippen molar-refractivity contribution in [2.75, 3.05) is 33.4 Å². The van der Waals surface area contributed by atoms with Gasteiger partial charge in [0.25, 0.3) is 0 Å². The van der Waals surface area contributed by atoms with E-state index in [9.17, 15) is 0 Å². The second-order valence-corrected chi connectivity index (χ2v) is 6.42. The molecule has 0 aromatic heterocycles. The van der Waals surface area contributed by atoms with E-state index < -0.39 is 0 Å². The Hall–Kier alpha value is -0.860. The highest BCUT2D eigenvalue weighted by molar-refractivity contribution is 14.0. The predicted molar refractivity (Wildman–Crippen MR) is 114 cm³/mol. The van der Waals surface area contributed by atoms with Crippen molar-refractivity contribution < 1.29 is 9.47 Å². The number of halogens is 1. The molecule has 5 nitrogen and oxygen atoms in total. The van der Waals surface area contributed by atoms with E-state index >= 15 is 0 Å². The Morgan fingerprint density at radius 1 is 1.32 bits per heavy atom. The maximum atomic E-state index is 5.77. The van der Waals surface area contributed by atoms with E-state index in [1.165, 1.54) is 11.1 Å². The van der Waals surface area contributed by atoms with Gasteiger partial charge in [-0.05, 0) is 31.9 Å². The van der Waals surface area contributed by atoms with Crippen LogP contribution in [0.2, 0.25) is 0 Å². The molecule has 1 fully saturated rings. The van der Waals surface area contributed by atoms with Crippen LogP contribution in [-0.4, -0.2) is 45.0 Å². The molecule has 1 aliphatic rings. The van der Waals surface area contributed by atoms with Crippen molar-refractivity contribution in [3.63, 3.8) is 0 Å². The quantitative estimate of drug-likeness (QED) is 0.387. The Kier molecular flexibility index (Phi) is 9.74. The lowest BCUT2D eigenvalue weighted by atomic mass is 9.94. The summed E-state index contributed by atoms with van der Waals surface area (Å²) in [5.41, 5.74) is 2.37. The molecule has 0 aliphatic carbocycles. The number of hydrogen-bond donors (Lipinski definition) is 2. The van der Waals surface area contributed by atoms with Crippen molar-refractivity contribution in [3.05, 3.63) is 35.4 Å². The fourth-order valence-electron chi connectivity index (χ4n) is 3.07. The summed E-state index contributed by atoms with van der Waals surface area (Å²) < 4.78 is 11.2. The van der Waals surface area contributed by atoms with Gasteiger partial charge in [-0.25, -0.2) is 0 Å². The van der Waals surface area contributed by atoms with E-state index in [-0.39, 0.29) is 35.6 Å². The SMILES string of the molecule is CCNC(=NCC1(OC)CCOCC1)NC(C)c1ccccc1C.I. The van der Waals surface area contributed by atoms with Crippen LogP contribution in [0.15, 0.2) is 29.3 Å². The lowest BCUT2D eigenvalue weighted by Crippen LogP contribution is -2.44. The van der Waals surface area contributed by atoms with Gasteiger partial charge in [-0.1, -0.05) is 24.3 Å². The zero-order valence-corrected chi connectivity index (χ0v) is 18.1. The number of benzene rings is 1. The molecule has 1 aliphatic heterocycles. The number of ether oxygens (including phenoxy) is 2. The summed E-state index contributed by atoms with van der Waals surface area (Å²) in [6, 6.07) is 8.63. The molecule has 142 valence electrons. The fourth-order valence-corrected chi connectivity index (χ4v) is 3.07. The molecule has 1 heterocycles. The largest absolute Gasteiger partial charge is 0.381 e. The summed E-state index contributed by atoms with van der Waals surface area (Å²) in [4.78, 5) is 4.79. The molecule has 1 atom stereocenters. The summed E-state index contributed by atoms with van der Waals surface area (Å²) in [7, 11) is 1.77. The van der Waals surface area contributed by atoms with Gasteiger partial charge in [-0.3, -0.25) is 4.99 Å². The van der Waals surface area contributed by atoms with E-state index in [1.54, 1.807) is 7.11 Å². The van der Waals surface area contributed by atoms with E-state index in [0.29, 0.717) is 6.54 Å². The van der Waals surface area contributed by atoms with Gasteiger partial charge in [0, 0.05) is 39.7 Å². The molecule has 1 aromatic carbocycles. The van der Waals surface area contributed by atoms with Gasteiger partial charge in [0.05, 0.1) is 18.2 Å². The van der Waals surface area contributed by atoms with Crippen molar-refractivity contribution in [1.82, 2.24) is 10.6 Å². The van der Waals surface area contributed by atoms with Crippen LogP contribution >= 0.6 is 24.0 Å². The Labute approximate surface area is 169 Å². The molecule has 6 heteroatoms. The maximum absolute atomic E-state index is 5.77. The van der Waals surface area contributed by atoms with Crippen molar-refractivity contribution >= 4 is 29.9 Å². The van der Waals surface area contributed by atoms with Gasteiger partial charge in [-0.15, -0.1) is 24.0 Å². The second-order valence-electron chi connectivity index (χ2n) is 6.42. The highest BCUT2D eigenvalue weighted by Gasteiger charge is 2.32. The Morgan fingerprint density at radius 2 is 2.00 bits per heavy atom. The number of guanidine groups is 1. The minimum atomic E-state index is -0.202. The van der Waals surface area contributed by atoms with Crippen molar-refractivity contribution in [2.45, 2.75) is 45.3 Å². The molecule has 0 radical (unpaired) electrons. The van der Waals surface area contributed by atoms with Gasteiger partial charge in [0.1, 0.15) is 0 Å². The van der Waals surface area contributed by atoms with Crippen LogP contribution in [0.4, 0.5) is 0 Å². The third-order valence-corrected chi connectivity index (χ3v) is 4.71. The van der Waals surface area contributed by atoms with E-state index in [1.807, 2.05) is 0 Å². The minimum absolute atomic E-state index is 0. The normalized spacial score (nSPS) is 18.2. The summed E-state index contributed by atoms with van der Waals surface area (Å²) in [5, 5.41) is 6.84. The van der Waals surface area contributed by atoms with Crippen molar-refractivity contribution in [2.24, 2.45) is 4.99 Å². The molecule has 2 N–H and O–H groups in total. The molecule has 0 bridgehead atoms. The predicted octanol–water partition coefficient (Wildman–Crippen LogP) is 3.42. The maximum Gasteiger partial charge on any atom is 0.191 e. The third-order valence-electron chi connectivity index (χ3n) is 4.71.